The van der Waals surface area contributed by atoms with Gasteiger partial charge in [-0.1, -0.05) is 30.3 Å². The van der Waals surface area contributed by atoms with Gasteiger partial charge in [-0.15, -0.1) is 0 Å². The van der Waals surface area contributed by atoms with Crippen LogP contribution in [0.5, 0.6) is 5.75 Å². The number of carbonyl (C=O) groups is 2. The van der Waals surface area contributed by atoms with Crippen LogP contribution in [0.25, 0.3) is 0 Å². The Kier molecular flexibility index (Phi) is 6.17. The van der Waals surface area contributed by atoms with Crippen LogP contribution in [0.1, 0.15) is 12.5 Å². The highest BCUT2D eigenvalue weighted by Gasteiger charge is 2.12. The second-order valence-electron chi connectivity index (χ2n) is 4.90. The fourth-order valence-electron chi connectivity index (χ4n) is 2.03. The molecule has 0 bridgehead atoms. The summed E-state index contributed by atoms with van der Waals surface area (Å²) in [7, 11) is 0. The number of benzene rings is 2. The number of hydrogen-bond acceptors (Lipinski definition) is 3. The maximum atomic E-state index is 11.8. The van der Waals surface area contributed by atoms with Crippen LogP contribution in [0.2, 0.25) is 0 Å². The molecule has 0 saturated carbocycles. The maximum absolute atomic E-state index is 11.8. The van der Waals surface area contributed by atoms with E-state index < -0.39 is 11.8 Å². The topological polar surface area (TPSA) is 67.4 Å². The van der Waals surface area contributed by atoms with Crippen LogP contribution in [0.4, 0.5) is 5.69 Å². The van der Waals surface area contributed by atoms with Gasteiger partial charge in [0.1, 0.15) is 5.75 Å². The van der Waals surface area contributed by atoms with Crippen LogP contribution in [0.15, 0.2) is 54.6 Å². The van der Waals surface area contributed by atoms with Crippen molar-refractivity contribution in [3.05, 3.63) is 60.2 Å². The molecular formula is C18H20N2O3. The van der Waals surface area contributed by atoms with E-state index >= 15 is 0 Å². The molecular weight excluding hydrogens is 292 g/mol. The lowest BCUT2D eigenvalue weighted by Crippen LogP contribution is -2.36. The summed E-state index contributed by atoms with van der Waals surface area (Å²) in [4.78, 5) is 23.6. The number of rotatable bonds is 6. The van der Waals surface area contributed by atoms with E-state index in [0.29, 0.717) is 25.3 Å². The molecule has 2 aromatic rings. The first-order valence-electron chi connectivity index (χ1n) is 7.55. The van der Waals surface area contributed by atoms with E-state index in [0.717, 1.165) is 11.3 Å². The van der Waals surface area contributed by atoms with Crippen LogP contribution < -0.4 is 15.4 Å². The lowest BCUT2D eigenvalue weighted by molar-refractivity contribution is -0.136. The molecule has 0 spiro atoms. The lowest BCUT2D eigenvalue weighted by Gasteiger charge is -2.08. The minimum absolute atomic E-state index is 0.416. The Labute approximate surface area is 135 Å². The quantitative estimate of drug-likeness (QED) is 0.805. The van der Waals surface area contributed by atoms with Gasteiger partial charge in [0, 0.05) is 12.2 Å². The fraction of sp³-hybridized carbons (Fsp3) is 0.222. The Bertz CT molecular complexity index is 639. The molecule has 0 aliphatic carbocycles. The number of carbonyl (C=O) groups excluding carboxylic acids is 2. The summed E-state index contributed by atoms with van der Waals surface area (Å²) in [6, 6.07) is 16.6. The first-order chi connectivity index (χ1) is 11.2. The zero-order valence-electron chi connectivity index (χ0n) is 13.0. The Morgan fingerprint density at radius 2 is 1.65 bits per heavy atom. The average molecular weight is 312 g/mol. The zero-order valence-corrected chi connectivity index (χ0v) is 13.0. The first-order valence-corrected chi connectivity index (χ1v) is 7.55. The molecule has 0 heterocycles. The number of nitrogens with one attached hydrogen (secondary N) is 2. The molecule has 2 rings (SSSR count). The van der Waals surface area contributed by atoms with Crippen LogP contribution in [-0.4, -0.2) is 25.0 Å². The van der Waals surface area contributed by atoms with Crippen molar-refractivity contribution in [1.82, 2.24) is 5.32 Å². The summed E-state index contributed by atoms with van der Waals surface area (Å²) in [5, 5.41) is 5.16. The molecule has 2 aromatic carbocycles. The summed E-state index contributed by atoms with van der Waals surface area (Å²) in [5.74, 6) is -0.602. The van der Waals surface area contributed by atoms with Crippen molar-refractivity contribution >= 4 is 17.5 Å². The van der Waals surface area contributed by atoms with Gasteiger partial charge in [0.2, 0.25) is 0 Å². The summed E-state index contributed by atoms with van der Waals surface area (Å²) < 4.78 is 5.32. The summed E-state index contributed by atoms with van der Waals surface area (Å²) >= 11 is 0. The zero-order chi connectivity index (χ0) is 16.5. The van der Waals surface area contributed by atoms with Gasteiger partial charge in [0.15, 0.2) is 0 Å². The van der Waals surface area contributed by atoms with Crippen LogP contribution >= 0.6 is 0 Å². The highest BCUT2D eigenvalue weighted by molar-refractivity contribution is 6.39. The van der Waals surface area contributed by atoms with Crippen LogP contribution in [-0.2, 0) is 16.0 Å². The molecule has 2 N–H and O–H groups in total. The molecule has 2 amide bonds. The van der Waals surface area contributed by atoms with Crippen molar-refractivity contribution in [3.63, 3.8) is 0 Å². The highest BCUT2D eigenvalue weighted by atomic mass is 16.5. The molecule has 0 radical (unpaired) electrons. The van der Waals surface area contributed by atoms with Gasteiger partial charge >= 0.3 is 11.8 Å². The molecule has 5 nitrogen and oxygen atoms in total. The third kappa shape index (κ3) is 5.47. The van der Waals surface area contributed by atoms with Gasteiger partial charge in [-0.25, -0.2) is 0 Å². The van der Waals surface area contributed by atoms with E-state index in [1.165, 1.54) is 0 Å². The van der Waals surface area contributed by atoms with Gasteiger partial charge in [-0.05, 0) is 43.2 Å². The number of amides is 2. The fourth-order valence-corrected chi connectivity index (χ4v) is 2.03. The van der Waals surface area contributed by atoms with Gasteiger partial charge < -0.3 is 15.4 Å². The summed E-state index contributed by atoms with van der Waals surface area (Å²) in [6.45, 7) is 2.89. The number of ether oxygens (including phenoxy) is 1. The first kappa shape index (κ1) is 16.5. The summed E-state index contributed by atoms with van der Waals surface area (Å²) in [6.07, 6.45) is 0.683. The monoisotopic (exact) mass is 312 g/mol. The molecule has 0 fully saturated rings. The molecule has 0 aromatic heterocycles. The largest absolute Gasteiger partial charge is 0.494 e. The smallest absolute Gasteiger partial charge is 0.313 e. The Balaban J connectivity index is 1.77. The van der Waals surface area contributed by atoms with Crippen molar-refractivity contribution in [2.75, 3.05) is 18.5 Å². The molecule has 120 valence electrons. The molecule has 0 aliphatic heterocycles. The van der Waals surface area contributed by atoms with Crippen molar-refractivity contribution < 1.29 is 14.3 Å². The van der Waals surface area contributed by atoms with Gasteiger partial charge in [-0.3, -0.25) is 9.59 Å². The van der Waals surface area contributed by atoms with Gasteiger partial charge in [-0.2, -0.15) is 0 Å². The predicted molar refractivity (Wildman–Crippen MR) is 89.4 cm³/mol. The minimum atomic E-state index is -0.678. The van der Waals surface area contributed by atoms with Crippen LogP contribution in [0, 0.1) is 0 Å². The van der Waals surface area contributed by atoms with E-state index in [4.69, 9.17) is 4.74 Å². The second kappa shape index (κ2) is 8.58. The van der Waals surface area contributed by atoms with E-state index in [9.17, 15) is 9.59 Å². The Morgan fingerprint density at radius 1 is 0.957 bits per heavy atom. The summed E-state index contributed by atoms with van der Waals surface area (Å²) in [5.41, 5.74) is 1.66. The standard InChI is InChI=1S/C18H20N2O3/c1-2-23-16-10-8-15(9-11-16)20-18(22)17(21)19-13-12-14-6-4-3-5-7-14/h3-11H,2,12-13H2,1H3,(H,19,21)(H,20,22). The molecule has 5 heteroatoms. The van der Waals surface area contributed by atoms with Crippen LogP contribution in [0.3, 0.4) is 0 Å². The average Bonchev–Trinajstić information content (AvgIpc) is 2.57. The Morgan fingerprint density at radius 3 is 2.30 bits per heavy atom. The van der Waals surface area contributed by atoms with Crippen molar-refractivity contribution in [2.24, 2.45) is 0 Å². The van der Waals surface area contributed by atoms with Crippen molar-refractivity contribution in [1.29, 1.82) is 0 Å². The number of hydrogen-bond donors (Lipinski definition) is 2. The molecule has 0 atom stereocenters. The van der Waals surface area contributed by atoms with Crippen molar-refractivity contribution in [3.8, 4) is 5.75 Å². The van der Waals surface area contributed by atoms with Crippen molar-refractivity contribution in [2.45, 2.75) is 13.3 Å². The predicted octanol–water partition coefficient (Wildman–Crippen LogP) is 2.38. The highest BCUT2D eigenvalue weighted by Crippen LogP contribution is 2.15. The maximum Gasteiger partial charge on any atom is 0.313 e. The Hall–Kier alpha value is -2.82. The molecule has 23 heavy (non-hydrogen) atoms. The third-order valence-corrected chi connectivity index (χ3v) is 3.17. The molecule has 0 aliphatic rings. The lowest BCUT2D eigenvalue weighted by atomic mass is 10.1. The second-order valence-corrected chi connectivity index (χ2v) is 4.90. The van der Waals surface area contributed by atoms with E-state index in [2.05, 4.69) is 10.6 Å². The van der Waals surface area contributed by atoms with E-state index in [-0.39, 0.29) is 0 Å². The van der Waals surface area contributed by atoms with Gasteiger partial charge in [0.25, 0.3) is 0 Å². The molecule has 0 unspecified atom stereocenters. The number of anilines is 1. The minimum Gasteiger partial charge on any atom is -0.494 e. The van der Waals surface area contributed by atoms with E-state index in [1.54, 1.807) is 24.3 Å². The van der Waals surface area contributed by atoms with E-state index in [1.807, 2.05) is 37.3 Å². The third-order valence-electron chi connectivity index (χ3n) is 3.17. The van der Waals surface area contributed by atoms with Gasteiger partial charge in [0.05, 0.1) is 6.61 Å². The molecule has 0 saturated heterocycles. The normalized spacial score (nSPS) is 9.96. The SMILES string of the molecule is CCOc1ccc(NC(=O)C(=O)NCCc2ccccc2)cc1.